The summed E-state index contributed by atoms with van der Waals surface area (Å²) >= 11 is 0. The first-order valence-corrected chi connectivity index (χ1v) is 16.2. The fourth-order valence-corrected chi connectivity index (χ4v) is 5.11. The van der Waals surface area contributed by atoms with Gasteiger partial charge < -0.3 is 25.5 Å². The first-order valence-electron chi connectivity index (χ1n) is 16.2. The number of benzene rings is 3. The minimum absolute atomic E-state index is 0.0380. The molecule has 0 aliphatic rings. The highest BCUT2D eigenvalue weighted by atomic mass is 16.4. The largest absolute Gasteiger partial charge is 0.481 e. The van der Waals surface area contributed by atoms with Gasteiger partial charge in [-0.2, -0.15) is 0 Å². The lowest BCUT2D eigenvalue weighted by molar-refractivity contribution is -0.145. The summed E-state index contributed by atoms with van der Waals surface area (Å²) in [7, 11) is 3.53. The van der Waals surface area contributed by atoms with Crippen molar-refractivity contribution in [2.24, 2.45) is 5.73 Å². The normalized spacial score (nSPS) is 10.9. The number of rotatable bonds is 20. The van der Waals surface area contributed by atoms with Crippen LogP contribution in [0, 0.1) is 0 Å². The van der Waals surface area contributed by atoms with Crippen molar-refractivity contribution in [1.29, 1.82) is 0 Å². The van der Waals surface area contributed by atoms with Gasteiger partial charge in [0.25, 0.3) is 0 Å². The van der Waals surface area contributed by atoms with E-state index in [2.05, 4.69) is 0 Å². The highest BCUT2D eigenvalue weighted by Gasteiger charge is 2.25. The van der Waals surface area contributed by atoms with Gasteiger partial charge in [-0.3, -0.25) is 24.1 Å². The molecule has 0 aromatic heterocycles. The van der Waals surface area contributed by atoms with Crippen LogP contribution < -0.4 is 5.73 Å². The fourth-order valence-electron chi connectivity index (χ4n) is 5.11. The van der Waals surface area contributed by atoms with Crippen molar-refractivity contribution in [2.75, 3.05) is 66.5 Å². The minimum Gasteiger partial charge on any atom is -0.481 e. The summed E-state index contributed by atoms with van der Waals surface area (Å²) in [6.07, 6.45) is 2.52. The maximum Gasteiger partial charge on any atom is 0.305 e. The maximum absolute atomic E-state index is 13.8. The first-order chi connectivity index (χ1) is 22.7. The lowest BCUT2D eigenvalue weighted by Crippen LogP contribution is -2.49. The topological polar surface area (TPSA) is 127 Å². The van der Waals surface area contributed by atoms with Crippen LogP contribution in [0.5, 0.6) is 0 Å². The molecular weight excluding hydrogens is 594 g/mol. The Labute approximate surface area is 278 Å². The Kier molecular flexibility index (Phi) is 15.6. The van der Waals surface area contributed by atoms with Gasteiger partial charge in [-0.15, -0.1) is 0 Å². The number of nitrogens with two attached hydrogens (primary N) is 1. The van der Waals surface area contributed by atoms with Crippen LogP contribution in [0.2, 0.25) is 0 Å². The molecular formula is C37H49N5O5. The van der Waals surface area contributed by atoms with E-state index in [1.807, 2.05) is 96.9 Å². The SMILES string of the molecule is CN(CCc1ccccc1)CC(=O)N(CCC(=O)O)CC(=O)N(CCc1ccc(-c2ccccc2)cc1)CC(=O)N(C)CCCCN. The molecule has 0 saturated heterocycles. The van der Waals surface area contributed by atoms with E-state index in [1.54, 1.807) is 11.9 Å². The van der Waals surface area contributed by atoms with E-state index in [1.165, 1.54) is 9.80 Å². The second-order valence-electron chi connectivity index (χ2n) is 11.9. The monoisotopic (exact) mass is 643 g/mol. The third-order valence-corrected chi connectivity index (χ3v) is 8.09. The molecule has 0 spiro atoms. The summed E-state index contributed by atoms with van der Waals surface area (Å²) in [5, 5.41) is 9.35. The van der Waals surface area contributed by atoms with E-state index in [9.17, 15) is 24.3 Å². The standard InChI is InChI=1S/C37H49N5O5/c1-39(24-19-30-11-5-3-6-12-30)27-35(44)42(26-21-37(46)47)29-36(45)41(28-34(43)40(2)23-10-9-22-38)25-20-31-15-17-33(18-16-31)32-13-7-4-8-14-32/h3-8,11-18H,9-10,19-29,38H2,1-2H3,(H,46,47). The Morgan fingerprint density at radius 1 is 0.596 bits per heavy atom. The van der Waals surface area contributed by atoms with Crippen molar-refractivity contribution >= 4 is 23.7 Å². The molecule has 0 fully saturated rings. The Morgan fingerprint density at radius 2 is 1.13 bits per heavy atom. The van der Waals surface area contributed by atoms with Gasteiger partial charge >= 0.3 is 5.97 Å². The molecule has 0 heterocycles. The Hall–Kier alpha value is -4.54. The number of carboxylic acid groups (broad SMARTS) is 1. The molecule has 3 aromatic rings. The van der Waals surface area contributed by atoms with Crippen LogP contribution >= 0.6 is 0 Å². The van der Waals surface area contributed by atoms with Gasteiger partial charge in [-0.1, -0.05) is 84.9 Å². The van der Waals surface area contributed by atoms with E-state index >= 15 is 0 Å². The van der Waals surface area contributed by atoms with Crippen LogP contribution in [0.25, 0.3) is 11.1 Å². The van der Waals surface area contributed by atoms with E-state index < -0.39 is 11.9 Å². The molecule has 3 aromatic carbocycles. The number of likely N-dealkylation sites (N-methyl/N-ethyl adjacent to an activating group) is 2. The number of nitrogens with zero attached hydrogens (tertiary/aromatic N) is 4. The van der Waals surface area contributed by atoms with Crippen molar-refractivity contribution in [2.45, 2.75) is 32.1 Å². The Balaban J connectivity index is 1.70. The predicted octanol–water partition coefficient (Wildman–Crippen LogP) is 3.40. The molecule has 10 nitrogen and oxygen atoms in total. The molecule has 10 heteroatoms. The van der Waals surface area contributed by atoms with Gasteiger partial charge in [0.05, 0.1) is 26.1 Å². The van der Waals surface area contributed by atoms with Gasteiger partial charge in [-0.05, 0) is 61.5 Å². The fraction of sp³-hybridized carbons (Fsp3) is 0.405. The van der Waals surface area contributed by atoms with Crippen LogP contribution in [-0.4, -0.2) is 115 Å². The average molecular weight is 644 g/mol. The molecule has 0 unspecified atom stereocenters. The molecule has 47 heavy (non-hydrogen) atoms. The van der Waals surface area contributed by atoms with Crippen LogP contribution in [0.1, 0.15) is 30.4 Å². The molecule has 0 aliphatic carbocycles. The van der Waals surface area contributed by atoms with E-state index in [0.29, 0.717) is 26.1 Å². The van der Waals surface area contributed by atoms with Crippen LogP contribution in [0.3, 0.4) is 0 Å². The second-order valence-corrected chi connectivity index (χ2v) is 11.9. The molecule has 0 atom stereocenters. The molecule has 0 aliphatic heterocycles. The predicted molar refractivity (Wildman–Crippen MR) is 185 cm³/mol. The molecule has 3 rings (SSSR count). The summed E-state index contributed by atoms with van der Waals surface area (Å²) < 4.78 is 0. The van der Waals surface area contributed by atoms with Gasteiger partial charge in [0, 0.05) is 33.2 Å². The number of carboxylic acids is 1. The molecule has 0 radical (unpaired) electrons. The molecule has 3 amide bonds. The van der Waals surface area contributed by atoms with Crippen molar-refractivity contribution in [1.82, 2.24) is 19.6 Å². The zero-order valence-electron chi connectivity index (χ0n) is 27.7. The van der Waals surface area contributed by atoms with Crippen molar-refractivity contribution in [3.63, 3.8) is 0 Å². The summed E-state index contributed by atoms with van der Waals surface area (Å²) in [6, 6.07) is 28.1. The average Bonchev–Trinajstić information content (AvgIpc) is 3.08. The zero-order valence-corrected chi connectivity index (χ0v) is 27.7. The minimum atomic E-state index is -1.06. The Bertz CT molecular complexity index is 1400. The third kappa shape index (κ3) is 13.4. The van der Waals surface area contributed by atoms with Crippen molar-refractivity contribution in [3.05, 3.63) is 96.1 Å². The number of carbonyl (C=O) groups is 4. The molecule has 0 bridgehead atoms. The van der Waals surface area contributed by atoms with E-state index in [0.717, 1.165) is 41.5 Å². The summed E-state index contributed by atoms with van der Waals surface area (Å²) in [5.74, 6) is -2.01. The maximum atomic E-state index is 13.8. The van der Waals surface area contributed by atoms with Gasteiger partial charge in [0.15, 0.2) is 0 Å². The van der Waals surface area contributed by atoms with E-state index in [4.69, 9.17) is 5.73 Å². The van der Waals surface area contributed by atoms with E-state index in [-0.39, 0.29) is 51.0 Å². The number of amides is 3. The zero-order chi connectivity index (χ0) is 34.0. The quantitative estimate of drug-likeness (QED) is 0.181. The summed E-state index contributed by atoms with van der Waals surface area (Å²) in [4.78, 5) is 58.0. The molecule has 3 N–H and O–H groups in total. The summed E-state index contributed by atoms with van der Waals surface area (Å²) in [5.41, 5.74) is 9.95. The number of carbonyl (C=O) groups excluding carboxylic acids is 3. The first kappa shape index (κ1) is 36.9. The van der Waals surface area contributed by atoms with Crippen LogP contribution in [0.4, 0.5) is 0 Å². The Morgan fingerprint density at radius 3 is 1.77 bits per heavy atom. The summed E-state index contributed by atoms with van der Waals surface area (Å²) in [6.45, 7) is 1.44. The lowest BCUT2D eigenvalue weighted by Gasteiger charge is -2.29. The van der Waals surface area contributed by atoms with Crippen molar-refractivity contribution in [3.8, 4) is 11.1 Å². The molecule has 0 saturated carbocycles. The van der Waals surface area contributed by atoms with Gasteiger partial charge in [0.2, 0.25) is 17.7 Å². The van der Waals surface area contributed by atoms with Crippen molar-refractivity contribution < 1.29 is 24.3 Å². The lowest BCUT2D eigenvalue weighted by atomic mass is 10.0. The highest BCUT2D eigenvalue weighted by molar-refractivity contribution is 5.89. The number of hydrogen-bond acceptors (Lipinski definition) is 6. The van der Waals surface area contributed by atoms with Crippen LogP contribution in [0.15, 0.2) is 84.9 Å². The second kappa shape index (κ2) is 19.9. The highest BCUT2D eigenvalue weighted by Crippen LogP contribution is 2.19. The van der Waals surface area contributed by atoms with Gasteiger partial charge in [-0.25, -0.2) is 0 Å². The molecule has 252 valence electrons. The third-order valence-electron chi connectivity index (χ3n) is 8.09. The van der Waals surface area contributed by atoms with Gasteiger partial charge in [0.1, 0.15) is 0 Å². The number of hydrogen-bond donors (Lipinski definition) is 2. The number of aliphatic carboxylic acids is 1. The van der Waals surface area contributed by atoms with Crippen LogP contribution in [-0.2, 0) is 32.0 Å². The smallest absolute Gasteiger partial charge is 0.305 e. The number of unbranched alkanes of at least 4 members (excludes halogenated alkanes) is 1.